The van der Waals surface area contributed by atoms with Crippen molar-refractivity contribution in [2.24, 2.45) is 0 Å². The quantitative estimate of drug-likeness (QED) is 0.756. The van der Waals surface area contributed by atoms with Gasteiger partial charge in [-0.1, -0.05) is 37.9 Å². The highest BCUT2D eigenvalue weighted by atomic mass is 79.9. The van der Waals surface area contributed by atoms with Crippen LogP contribution in [-0.4, -0.2) is 4.98 Å². The van der Waals surface area contributed by atoms with Crippen molar-refractivity contribution in [2.45, 2.75) is 17.1 Å². The highest BCUT2D eigenvalue weighted by molar-refractivity contribution is 9.09. The second-order valence-corrected chi connectivity index (χ2v) is 4.23. The monoisotopic (exact) mass is 277 g/mol. The fourth-order valence-corrected chi connectivity index (χ4v) is 1.81. The summed E-state index contributed by atoms with van der Waals surface area (Å²) in [6, 6.07) is 4.03. The van der Waals surface area contributed by atoms with E-state index in [4.69, 9.17) is 0 Å². The first-order valence-electron chi connectivity index (χ1n) is 3.39. The Kier molecular flexibility index (Phi) is 3.52. The van der Waals surface area contributed by atoms with Crippen LogP contribution in [0.25, 0.3) is 0 Å². The van der Waals surface area contributed by atoms with Gasteiger partial charge in [-0.25, -0.2) is 0 Å². The first-order valence-corrected chi connectivity index (χ1v) is 5.43. The summed E-state index contributed by atoms with van der Waals surface area (Å²) in [6.07, 6.45) is 1.82. The van der Waals surface area contributed by atoms with Gasteiger partial charge in [-0.3, -0.25) is 4.98 Å². The third-order valence-corrected chi connectivity index (χ3v) is 2.48. The SMILES string of the molecule is CC(Br)c1ncccc1CBr. The Bertz CT molecular complexity index is 235. The van der Waals surface area contributed by atoms with Crippen LogP contribution in [0.5, 0.6) is 0 Å². The van der Waals surface area contributed by atoms with Crippen molar-refractivity contribution in [1.82, 2.24) is 4.98 Å². The summed E-state index contributed by atoms with van der Waals surface area (Å²) in [5.41, 5.74) is 2.36. The molecule has 0 spiro atoms. The van der Waals surface area contributed by atoms with Gasteiger partial charge < -0.3 is 0 Å². The van der Waals surface area contributed by atoms with Crippen molar-refractivity contribution in [3.05, 3.63) is 29.6 Å². The van der Waals surface area contributed by atoms with Gasteiger partial charge >= 0.3 is 0 Å². The lowest BCUT2D eigenvalue weighted by atomic mass is 10.2. The molecular weight excluding hydrogens is 270 g/mol. The van der Waals surface area contributed by atoms with Crippen molar-refractivity contribution < 1.29 is 0 Å². The Labute approximate surface area is 83.5 Å². The first kappa shape index (κ1) is 9.20. The van der Waals surface area contributed by atoms with E-state index >= 15 is 0 Å². The normalized spacial score (nSPS) is 13.0. The maximum absolute atomic E-state index is 4.27. The summed E-state index contributed by atoms with van der Waals surface area (Å²) in [6.45, 7) is 2.08. The summed E-state index contributed by atoms with van der Waals surface area (Å²) in [4.78, 5) is 4.60. The molecule has 1 aromatic heterocycles. The van der Waals surface area contributed by atoms with Crippen LogP contribution in [0.1, 0.15) is 23.0 Å². The van der Waals surface area contributed by atoms with Gasteiger partial charge in [0.25, 0.3) is 0 Å². The molecule has 0 saturated heterocycles. The van der Waals surface area contributed by atoms with Gasteiger partial charge in [0.2, 0.25) is 0 Å². The Morgan fingerprint density at radius 2 is 2.36 bits per heavy atom. The molecule has 0 N–H and O–H groups in total. The second-order valence-electron chi connectivity index (χ2n) is 2.30. The fraction of sp³-hybridized carbons (Fsp3) is 0.375. The molecule has 11 heavy (non-hydrogen) atoms. The lowest BCUT2D eigenvalue weighted by Crippen LogP contribution is -1.94. The molecule has 1 unspecified atom stereocenters. The summed E-state index contributed by atoms with van der Waals surface area (Å²) in [7, 11) is 0. The zero-order valence-corrected chi connectivity index (χ0v) is 9.39. The van der Waals surface area contributed by atoms with Crippen LogP contribution in [-0.2, 0) is 5.33 Å². The Balaban J connectivity index is 3.02. The summed E-state index contributed by atoms with van der Waals surface area (Å²) >= 11 is 6.91. The van der Waals surface area contributed by atoms with Gasteiger partial charge in [0.15, 0.2) is 0 Å². The van der Waals surface area contributed by atoms with Crippen molar-refractivity contribution in [3.63, 3.8) is 0 Å². The lowest BCUT2D eigenvalue weighted by molar-refractivity contribution is 0.995. The van der Waals surface area contributed by atoms with E-state index in [9.17, 15) is 0 Å². The topological polar surface area (TPSA) is 12.9 Å². The second kappa shape index (κ2) is 4.21. The number of aromatic nitrogens is 1. The minimum atomic E-state index is 0.330. The minimum Gasteiger partial charge on any atom is -0.260 e. The molecule has 0 bridgehead atoms. The Morgan fingerprint density at radius 3 is 2.82 bits per heavy atom. The van der Waals surface area contributed by atoms with Crippen LogP contribution in [0.15, 0.2) is 18.3 Å². The number of halogens is 2. The fourth-order valence-electron chi connectivity index (χ4n) is 0.922. The van der Waals surface area contributed by atoms with Crippen molar-refractivity contribution in [2.75, 3.05) is 0 Å². The van der Waals surface area contributed by atoms with Crippen LogP contribution < -0.4 is 0 Å². The van der Waals surface area contributed by atoms with Gasteiger partial charge in [0, 0.05) is 11.5 Å². The average Bonchev–Trinajstić information content (AvgIpc) is 2.04. The molecule has 1 nitrogen and oxygen atoms in total. The molecule has 3 heteroatoms. The molecule has 1 heterocycles. The molecule has 0 saturated carbocycles. The molecule has 60 valence electrons. The zero-order valence-electron chi connectivity index (χ0n) is 6.22. The molecule has 0 aliphatic rings. The van der Waals surface area contributed by atoms with Gasteiger partial charge in [0.1, 0.15) is 0 Å². The molecule has 0 amide bonds. The van der Waals surface area contributed by atoms with Crippen LogP contribution in [0.2, 0.25) is 0 Å². The van der Waals surface area contributed by atoms with E-state index in [0.29, 0.717) is 4.83 Å². The minimum absolute atomic E-state index is 0.330. The van der Waals surface area contributed by atoms with Crippen LogP contribution in [0.3, 0.4) is 0 Å². The van der Waals surface area contributed by atoms with E-state index in [0.717, 1.165) is 11.0 Å². The highest BCUT2D eigenvalue weighted by Gasteiger charge is 2.06. The molecule has 1 atom stereocenters. The van der Waals surface area contributed by atoms with E-state index in [1.165, 1.54) is 5.56 Å². The van der Waals surface area contributed by atoms with Gasteiger partial charge in [-0.15, -0.1) is 0 Å². The summed E-state index contributed by atoms with van der Waals surface area (Å²) < 4.78 is 0. The molecule has 0 fully saturated rings. The van der Waals surface area contributed by atoms with E-state index < -0.39 is 0 Å². The summed E-state index contributed by atoms with van der Waals surface area (Å²) in [5, 5.41) is 0.867. The highest BCUT2D eigenvalue weighted by Crippen LogP contribution is 2.23. The van der Waals surface area contributed by atoms with E-state index in [-0.39, 0.29) is 0 Å². The number of alkyl halides is 2. The average molecular weight is 279 g/mol. The van der Waals surface area contributed by atoms with Gasteiger partial charge in [-0.05, 0) is 18.6 Å². The third-order valence-electron chi connectivity index (χ3n) is 1.45. The van der Waals surface area contributed by atoms with Crippen LogP contribution >= 0.6 is 31.9 Å². The standard InChI is InChI=1S/C8H9Br2N/c1-6(10)8-7(5-9)3-2-4-11-8/h2-4,6H,5H2,1H3. The first-order chi connectivity index (χ1) is 5.25. The zero-order chi connectivity index (χ0) is 8.27. The third kappa shape index (κ3) is 2.27. The number of hydrogen-bond donors (Lipinski definition) is 0. The number of nitrogens with zero attached hydrogens (tertiary/aromatic N) is 1. The molecule has 0 radical (unpaired) electrons. The molecule has 1 aromatic rings. The maximum atomic E-state index is 4.27. The smallest absolute Gasteiger partial charge is 0.0577 e. The Hall–Kier alpha value is 0.110. The molecule has 0 aromatic carbocycles. The van der Waals surface area contributed by atoms with E-state index in [1.807, 2.05) is 12.3 Å². The molecule has 0 aliphatic heterocycles. The molecule has 1 rings (SSSR count). The van der Waals surface area contributed by atoms with Crippen molar-refractivity contribution in [3.8, 4) is 0 Å². The van der Waals surface area contributed by atoms with Crippen LogP contribution in [0, 0.1) is 0 Å². The number of rotatable bonds is 2. The van der Waals surface area contributed by atoms with Crippen molar-refractivity contribution in [1.29, 1.82) is 0 Å². The van der Waals surface area contributed by atoms with E-state index in [1.54, 1.807) is 0 Å². The van der Waals surface area contributed by atoms with Gasteiger partial charge in [-0.2, -0.15) is 0 Å². The van der Waals surface area contributed by atoms with E-state index in [2.05, 4.69) is 49.8 Å². The largest absolute Gasteiger partial charge is 0.260 e. The molecular formula is C8H9Br2N. The predicted molar refractivity (Wildman–Crippen MR) is 54.2 cm³/mol. The number of pyridine rings is 1. The number of hydrogen-bond acceptors (Lipinski definition) is 1. The van der Waals surface area contributed by atoms with Crippen LogP contribution in [0.4, 0.5) is 0 Å². The maximum Gasteiger partial charge on any atom is 0.0577 e. The Morgan fingerprint density at radius 1 is 1.64 bits per heavy atom. The van der Waals surface area contributed by atoms with Crippen molar-refractivity contribution >= 4 is 31.9 Å². The molecule has 0 aliphatic carbocycles. The predicted octanol–water partition coefficient (Wildman–Crippen LogP) is 3.43. The lowest BCUT2D eigenvalue weighted by Gasteiger charge is -2.06. The van der Waals surface area contributed by atoms with Gasteiger partial charge in [0.05, 0.1) is 10.5 Å². The summed E-state index contributed by atoms with van der Waals surface area (Å²) in [5.74, 6) is 0.